The van der Waals surface area contributed by atoms with Crippen LogP contribution in [0.5, 0.6) is 0 Å². The molecule has 1 aromatic rings. The van der Waals surface area contributed by atoms with Crippen LogP contribution in [0.4, 0.5) is 9.18 Å². The first-order valence-corrected chi connectivity index (χ1v) is 8.08. The highest BCUT2D eigenvalue weighted by Gasteiger charge is 2.47. The van der Waals surface area contributed by atoms with Gasteiger partial charge in [-0.15, -0.1) is 6.58 Å². The molecule has 0 bridgehead atoms. The summed E-state index contributed by atoms with van der Waals surface area (Å²) in [5.41, 5.74) is 1.85. The monoisotopic (exact) mass is 327 g/mol. The first kappa shape index (κ1) is 14.9. The van der Waals surface area contributed by atoms with Crippen molar-refractivity contribution in [3.8, 4) is 0 Å². The summed E-state index contributed by atoms with van der Waals surface area (Å²) < 4.78 is 13.6. The molecule has 1 aliphatic carbocycles. The Bertz CT molecular complexity index is 769. The molecule has 0 saturated heterocycles. The van der Waals surface area contributed by atoms with Crippen LogP contribution in [-0.4, -0.2) is 40.9 Å². The maximum absolute atomic E-state index is 13.6. The predicted octanol–water partition coefficient (Wildman–Crippen LogP) is 2.34. The summed E-state index contributed by atoms with van der Waals surface area (Å²) in [6, 6.07) is 5.40. The Morgan fingerprint density at radius 2 is 2.12 bits per heavy atom. The minimum absolute atomic E-state index is 0.0594. The zero-order chi connectivity index (χ0) is 16.8. The van der Waals surface area contributed by atoms with E-state index in [0.29, 0.717) is 29.9 Å². The van der Waals surface area contributed by atoms with Gasteiger partial charge in [0.1, 0.15) is 5.82 Å². The van der Waals surface area contributed by atoms with Gasteiger partial charge in [0.15, 0.2) is 0 Å². The second kappa shape index (κ2) is 5.47. The third-order valence-corrected chi connectivity index (χ3v) is 4.73. The van der Waals surface area contributed by atoms with E-state index in [4.69, 9.17) is 0 Å². The van der Waals surface area contributed by atoms with Crippen LogP contribution in [0.25, 0.3) is 0 Å². The Kier molecular flexibility index (Phi) is 3.40. The summed E-state index contributed by atoms with van der Waals surface area (Å²) in [5, 5.41) is 2.84. The highest BCUT2D eigenvalue weighted by Crippen LogP contribution is 2.40. The summed E-state index contributed by atoms with van der Waals surface area (Å²) in [4.78, 5) is 28.8. The van der Waals surface area contributed by atoms with E-state index in [2.05, 4.69) is 11.9 Å². The van der Waals surface area contributed by atoms with Gasteiger partial charge >= 0.3 is 6.03 Å². The number of benzene rings is 1. The van der Waals surface area contributed by atoms with E-state index < -0.39 is 6.04 Å². The highest BCUT2D eigenvalue weighted by molar-refractivity contribution is 6.01. The van der Waals surface area contributed by atoms with Crippen molar-refractivity contribution in [1.82, 2.24) is 15.1 Å². The molecule has 1 atom stereocenters. The fraction of sp³-hybridized carbons (Fsp3) is 0.333. The molecule has 2 aliphatic heterocycles. The molecule has 1 aromatic carbocycles. The van der Waals surface area contributed by atoms with Crippen molar-refractivity contribution in [3.63, 3.8) is 0 Å². The van der Waals surface area contributed by atoms with Gasteiger partial charge in [-0.3, -0.25) is 9.69 Å². The molecule has 124 valence electrons. The molecule has 4 rings (SSSR count). The van der Waals surface area contributed by atoms with Crippen molar-refractivity contribution in [2.45, 2.75) is 24.9 Å². The summed E-state index contributed by atoms with van der Waals surface area (Å²) in [7, 11) is 0. The Balaban J connectivity index is 1.78. The number of halogens is 1. The lowest BCUT2D eigenvalue weighted by Gasteiger charge is -2.33. The Hall–Kier alpha value is -2.63. The number of amides is 3. The molecule has 0 unspecified atom stereocenters. The topological polar surface area (TPSA) is 52.7 Å². The van der Waals surface area contributed by atoms with Gasteiger partial charge in [-0.1, -0.05) is 18.2 Å². The first-order valence-electron chi connectivity index (χ1n) is 8.08. The lowest BCUT2D eigenvalue weighted by Crippen LogP contribution is -2.47. The number of hydrogen-bond donors (Lipinski definition) is 1. The van der Waals surface area contributed by atoms with Crippen molar-refractivity contribution in [3.05, 3.63) is 59.6 Å². The SMILES string of the molecule is C=CCN1C(=O)N[C@H](c2cccc(F)c2)C2=C1CN(C1CC1)C2=O. The molecule has 5 nitrogen and oxygen atoms in total. The van der Waals surface area contributed by atoms with E-state index in [9.17, 15) is 14.0 Å². The fourth-order valence-corrected chi connectivity index (χ4v) is 3.45. The van der Waals surface area contributed by atoms with Gasteiger partial charge < -0.3 is 10.2 Å². The molecule has 1 fully saturated rings. The zero-order valence-electron chi connectivity index (χ0n) is 13.2. The van der Waals surface area contributed by atoms with Crippen molar-refractivity contribution in [2.24, 2.45) is 0 Å². The average Bonchev–Trinajstić information content (AvgIpc) is 3.34. The second-order valence-electron chi connectivity index (χ2n) is 6.36. The number of nitrogens with zero attached hydrogens (tertiary/aromatic N) is 2. The molecule has 0 radical (unpaired) electrons. The van der Waals surface area contributed by atoms with E-state index in [-0.39, 0.29) is 23.8 Å². The van der Waals surface area contributed by atoms with Crippen LogP contribution < -0.4 is 5.32 Å². The minimum atomic E-state index is -0.611. The van der Waals surface area contributed by atoms with Crippen LogP contribution in [-0.2, 0) is 4.79 Å². The number of urea groups is 1. The quantitative estimate of drug-likeness (QED) is 0.863. The van der Waals surface area contributed by atoms with Gasteiger partial charge in [-0.25, -0.2) is 9.18 Å². The largest absolute Gasteiger partial charge is 0.330 e. The fourth-order valence-electron chi connectivity index (χ4n) is 3.45. The molecule has 6 heteroatoms. The van der Waals surface area contributed by atoms with E-state index in [0.717, 1.165) is 12.8 Å². The smallest absolute Gasteiger partial charge is 0.322 e. The summed E-state index contributed by atoms with van der Waals surface area (Å²) >= 11 is 0. The van der Waals surface area contributed by atoms with E-state index in [1.165, 1.54) is 12.1 Å². The van der Waals surface area contributed by atoms with Crippen molar-refractivity contribution >= 4 is 11.9 Å². The maximum atomic E-state index is 13.6. The third-order valence-electron chi connectivity index (χ3n) is 4.73. The van der Waals surface area contributed by atoms with E-state index >= 15 is 0 Å². The maximum Gasteiger partial charge on any atom is 0.322 e. The van der Waals surface area contributed by atoms with Crippen LogP contribution in [0.1, 0.15) is 24.4 Å². The van der Waals surface area contributed by atoms with Crippen molar-refractivity contribution in [2.75, 3.05) is 13.1 Å². The van der Waals surface area contributed by atoms with Crippen molar-refractivity contribution < 1.29 is 14.0 Å². The normalized spacial score (nSPS) is 23.5. The van der Waals surface area contributed by atoms with Crippen molar-refractivity contribution in [1.29, 1.82) is 0 Å². The molecular formula is C18H18FN3O2. The zero-order valence-corrected chi connectivity index (χ0v) is 13.2. The standard InChI is InChI=1S/C18H18FN3O2/c1-2-8-21-14-10-22(13-6-7-13)17(23)15(14)16(20-18(21)24)11-4-3-5-12(19)9-11/h2-5,9,13,16H,1,6-8,10H2,(H,20,24)/t16-/m1/s1. The number of nitrogens with one attached hydrogen (secondary N) is 1. The lowest BCUT2D eigenvalue weighted by atomic mass is 9.95. The molecule has 3 amide bonds. The Morgan fingerprint density at radius 1 is 1.33 bits per heavy atom. The molecule has 1 N–H and O–H groups in total. The van der Waals surface area contributed by atoms with Gasteiger partial charge in [-0.2, -0.15) is 0 Å². The first-order chi connectivity index (χ1) is 11.6. The number of rotatable bonds is 4. The van der Waals surface area contributed by atoms with Gasteiger partial charge in [0.25, 0.3) is 5.91 Å². The van der Waals surface area contributed by atoms with Crippen LogP contribution in [0, 0.1) is 5.82 Å². The van der Waals surface area contributed by atoms with Crippen LogP contribution >= 0.6 is 0 Å². The van der Waals surface area contributed by atoms with Crippen LogP contribution in [0.2, 0.25) is 0 Å². The second-order valence-corrected chi connectivity index (χ2v) is 6.36. The molecule has 24 heavy (non-hydrogen) atoms. The molecule has 1 saturated carbocycles. The van der Waals surface area contributed by atoms with Crippen LogP contribution in [0.15, 0.2) is 48.2 Å². The average molecular weight is 327 g/mol. The summed E-state index contributed by atoms with van der Waals surface area (Å²) in [5.74, 6) is -0.447. The number of hydrogen-bond acceptors (Lipinski definition) is 2. The predicted molar refractivity (Wildman–Crippen MR) is 86.3 cm³/mol. The third kappa shape index (κ3) is 2.29. The van der Waals surface area contributed by atoms with Gasteiger partial charge in [0.2, 0.25) is 0 Å². The van der Waals surface area contributed by atoms with E-state index in [1.807, 2.05) is 4.90 Å². The van der Waals surface area contributed by atoms with E-state index in [1.54, 1.807) is 23.1 Å². The Labute approximate surface area is 139 Å². The molecule has 0 aromatic heterocycles. The molecule has 2 heterocycles. The minimum Gasteiger partial charge on any atom is -0.330 e. The van der Waals surface area contributed by atoms with Gasteiger partial charge in [-0.05, 0) is 30.5 Å². The van der Waals surface area contributed by atoms with Gasteiger partial charge in [0.05, 0.1) is 23.9 Å². The lowest BCUT2D eigenvalue weighted by molar-refractivity contribution is -0.126. The summed E-state index contributed by atoms with van der Waals surface area (Å²) in [6.07, 6.45) is 3.64. The van der Waals surface area contributed by atoms with Crippen LogP contribution in [0.3, 0.4) is 0 Å². The van der Waals surface area contributed by atoms with Gasteiger partial charge in [0, 0.05) is 12.6 Å². The highest BCUT2D eigenvalue weighted by atomic mass is 19.1. The summed E-state index contributed by atoms with van der Waals surface area (Å²) in [6.45, 7) is 4.46. The molecule has 3 aliphatic rings. The number of carbonyl (C=O) groups excluding carboxylic acids is 2. The molecule has 0 spiro atoms. The molecular weight excluding hydrogens is 309 g/mol. The Morgan fingerprint density at radius 3 is 2.79 bits per heavy atom. The number of carbonyl (C=O) groups is 2.